The minimum absolute atomic E-state index is 0. The summed E-state index contributed by atoms with van der Waals surface area (Å²) >= 11 is 0. The van der Waals surface area contributed by atoms with Crippen LogP contribution < -0.4 is 5.73 Å². The molecule has 0 spiro atoms. The Morgan fingerprint density at radius 1 is 1.00 bits per heavy atom. The average Bonchev–Trinajstić information content (AvgIpc) is 1.69. The third-order valence-electron chi connectivity index (χ3n) is 1.65. The van der Waals surface area contributed by atoms with E-state index in [1.165, 1.54) is 32.1 Å². The second-order valence-corrected chi connectivity index (χ2v) is 2.40. The first kappa shape index (κ1) is 8.56. The fraction of sp³-hybridized carbons (Fsp3) is 1.00. The Balaban J connectivity index is 0.000000490. The maximum atomic E-state index is 5.63. The molecular formula is C6H13LiN. The summed E-state index contributed by atoms with van der Waals surface area (Å²) in [7, 11) is 0. The van der Waals surface area contributed by atoms with Gasteiger partial charge in [0.05, 0.1) is 0 Å². The maximum absolute atomic E-state index is 5.63. The molecule has 2 heteroatoms. The van der Waals surface area contributed by atoms with Gasteiger partial charge in [-0.25, -0.2) is 0 Å². The number of rotatable bonds is 0. The Morgan fingerprint density at radius 3 is 1.75 bits per heavy atom. The van der Waals surface area contributed by atoms with E-state index in [9.17, 15) is 0 Å². The van der Waals surface area contributed by atoms with E-state index >= 15 is 0 Å². The summed E-state index contributed by atoms with van der Waals surface area (Å²) in [5, 5.41) is 0. The first-order valence-corrected chi connectivity index (χ1v) is 3.15. The van der Waals surface area contributed by atoms with E-state index in [0.717, 1.165) is 0 Å². The Hall–Kier alpha value is 0.557. The van der Waals surface area contributed by atoms with Crippen molar-refractivity contribution in [3.8, 4) is 0 Å². The molecule has 0 aromatic rings. The molecule has 1 aliphatic carbocycles. The molecule has 0 atom stereocenters. The molecule has 1 saturated carbocycles. The van der Waals surface area contributed by atoms with Gasteiger partial charge in [0, 0.05) is 24.9 Å². The number of hydrogen-bond donors (Lipinski definition) is 1. The summed E-state index contributed by atoms with van der Waals surface area (Å²) in [5.41, 5.74) is 5.63. The largest absolute Gasteiger partial charge is 0.328 e. The fourth-order valence-corrected chi connectivity index (χ4v) is 1.13. The number of nitrogens with two attached hydrogens (primary N) is 1. The van der Waals surface area contributed by atoms with Crippen LogP contribution in [0.5, 0.6) is 0 Å². The smallest absolute Gasteiger partial charge is 0.00388 e. The molecular weight excluding hydrogens is 93.0 g/mol. The van der Waals surface area contributed by atoms with Crippen molar-refractivity contribution in [2.24, 2.45) is 5.73 Å². The summed E-state index contributed by atoms with van der Waals surface area (Å²) in [5.74, 6) is 0. The molecule has 0 aliphatic heterocycles. The van der Waals surface area contributed by atoms with Gasteiger partial charge in [-0.3, -0.25) is 0 Å². The Kier molecular flexibility index (Phi) is 4.75. The first-order valence-electron chi connectivity index (χ1n) is 3.15. The molecule has 1 fully saturated rings. The molecule has 1 nitrogen and oxygen atoms in total. The third kappa shape index (κ3) is 2.77. The van der Waals surface area contributed by atoms with Crippen molar-refractivity contribution in [3.63, 3.8) is 0 Å². The van der Waals surface area contributed by atoms with Gasteiger partial charge in [-0.2, -0.15) is 0 Å². The zero-order valence-electron chi connectivity index (χ0n) is 5.69. The van der Waals surface area contributed by atoms with E-state index < -0.39 is 0 Å². The molecule has 0 aromatic carbocycles. The van der Waals surface area contributed by atoms with Crippen molar-refractivity contribution in [2.75, 3.05) is 0 Å². The molecule has 0 aromatic heterocycles. The van der Waals surface area contributed by atoms with Gasteiger partial charge in [0.2, 0.25) is 0 Å². The monoisotopic (exact) mass is 106 g/mol. The van der Waals surface area contributed by atoms with E-state index in [1.807, 2.05) is 0 Å². The normalized spacial score (nSPS) is 22.1. The summed E-state index contributed by atoms with van der Waals surface area (Å²) in [6.07, 6.45) is 6.66. The molecule has 43 valence electrons. The Bertz CT molecular complexity index is 50.5. The van der Waals surface area contributed by atoms with Gasteiger partial charge in [-0.15, -0.1) is 0 Å². The van der Waals surface area contributed by atoms with Gasteiger partial charge in [0.15, 0.2) is 0 Å². The summed E-state index contributed by atoms with van der Waals surface area (Å²) in [6.45, 7) is 0. The fourth-order valence-electron chi connectivity index (χ4n) is 1.13. The Labute approximate surface area is 63.2 Å². The van der Waals surface area contributed by atoms with Crippen LogP contribution in [0.15, 0.2) is 0 Å². The van der Waals surface area contributed by atoms with Crippen LogP contribution in [0.25, 0.3) is 0 Å². The topological polar surface area (TPSA) is 26.0 Å². The van der Waals surface area contributed by atoms with E-state index in [0.29, 0.717) is 6.04 Å². The maximum Gasteiger partial charge on any atom is 0.00388 e. The molecule has 0 unspecified atom stereocenters. The predicted molar refractivity (Wildman–Crippen MR) is 36.8 cm³/mol. The van der Waals surface area contributed by atoms with Gasteiger partial charge < -0.3 is 5.73 Å². The van der Waals surface area contributed by atoms with E-state index in [4.69, 9.17) is 5.73 Å². The molecule has 0 bridgehead atoms. The van der Waals surface area contributed by atoms with Crippen molar-refractivity contribution in [2.45, 2.75) is 38.1 Å². The van der Waals surface area contributed by atoms with Crippen molar-refractivity contribution in [1.82, 2.24) is 0 Å². The van der Waals surface area contributed by atoms with Crippen LogP contribution in [0.1, 0.15) is 32.1 Å². The average molecular weight is 106 g/mol. The summed E-state index contributed by atoms with van der Waals surface area (Å²) in [6, 6.07) is 0.536. The minimum Gasteiger partial charge on any atom is -0.328 e. The van der Waals surface area contributed by atoms with E-state index in [2.05, 4.69) is 0 Å². The van der Waals surface area contributed by atoms with Crippen LogP contribution in [-0.4, -0.2) is 24.9 Å². The van der Waals surface area contributed by atoms with Crippen LogP contribution in [0.4, 0.5) is 0 Å². The van der Waals surface area contributed by atoms with Crippen molar-refractivity contribution < 1.29 is 0 Å². The second kappa shape index (κ2) is 4.44. The quantitative estimate of drug-likeness (QED) is 0.456. The first-order chi connectivity index (χ1) is 3.39. The number of hydrogen-bond acceptors (Lipinski definition) is 1. The van der Waals surface area contributed by atoms with E-state index in [1.54, 1.807) is 0 Å². The van der Waals surface area contributed by atoms with Crippen molar-refractivity contribution in [1.29, 1.82) is 0 Å². The van der Waals surface area contributed by atoms with Gasteiger partial charge in [-0.1, -0.05) is 19.3 Å². The minimum atomic E-state index is 0. The zero-order chi connectivity index (χ0) is 5.11. The molecule has 0 heterocycles. The van der Waals surface area contributed by atoms with Crippen LogP contribution in [-0.2, 0) is 0 Å². The second-order valence-electron chi connectivity index (χ2n) is 2.40. The van der Waals surface area contributed by atoms with Gasteiger partial charge in [0.25, 0.3) is 0 Å². The van der Waals surface area contributed by atoms with Gasteiger partial charge in [-0.05, 0) is 12.8 Å². The Morgan fingerprint density at radius 2 is 1.50 bits per heavy atom. The molecule has 8 heavy (non-hydrogen) atoms. The molecule has 0 amide bonds. The summed E-state index contributed by atoms with van der Waals surface area (Å²) < 4.78 is 0. The molecule has 2 N–H and O–H groups in total. The van der Waals surface area contributed by atoms with Crippen LogP contribution in [0.2, 0.25) is 0 Å². The SMILES string of the molecule is NC1CCCCC1.[Li]. The van der Waals surface area contributed by atoms with Crippen LogP contribution in [0.3, 0.4) is 0 Å². The van der Waals surface area contributed by atoms with Gasteiger partial charge in [0.1, 0.15) is 0 Å². The van der Waals surface area contributed by atoms with Crippen molar-refractivity contribution >= 4 is 18.9 Å². The molecule has 1 aliphatic rings. The van der Waals surface area contributed by atoms with E-state index in [-0.39, 0.29) is 18.9 Å². The standard InChI is InChI=1S/C6H13N.Li/c7-6-4-2-1-3-5-6;/h6H,1-5,7H2;. The molecule has 1 rings (SSSR count). The third-order valence-corrected chi connectivity index (χ3v) is 1.65. The van der Waals surface area contributed by atoms with Crippen LogP contribution in [0, 0.1) is 0 Å². The summed E-state index contributed by atoms with van der Waals surface area (Å²) in [4.78, 5) is 0. The van der Waals surface area contributed by atoms with Crippen molar-refractivity contribution in [3.05, 3.63) is 0 Å². The van der Waals surface area contributed by atoms with Crippen LogP contribution >= 0.6 is 0 Å². The zero-order valence-corrected chi connectivity index (χ0v) is 5.69. The predicted octanol–water partition coefficient (Wildman–Crippen LogP) is 0.897. The molecule has 0 saturated heterocycles. The molecule has 1 radical (unpaired) electrons. The van der Waals surface area contributed by atoms with Gasteiger partial charge >= 0.3 is 0 Å².